The molecule has 2 aromatic carbocycles. The third kappa shape index (κ3) is 4.11. The van der Waals surface area contributed by atoms with Gasteiger partial charge in [0.2, 0.25) is 0 Å². The summed E-state index contributed by atoms with van der Waals surface area (Å²) in [6.45, 7) is 1.83. The number of aromatic nitrogens is 1. The number of hydrogen-bond acceptors (Lipinski definition) is 4. The molecule has 0 radical (unpaired) electrons. The second-order valence-corrected chi connectivity index (χ2v) is 8.26. The van der Waals surface area contributed by atoms with Crippen molar-refractivity contribution in [3.63, 3.8) is 0 Å². The zero-order chi connectivity index (χ0) is 21.3. The Bertz CT molecular complexity index is 1110. The van der Waals surface area contributed by atoms with E-state index in [1.165, 1.54) is 5.01 Å². The predicted molar refractivity (Wildman–Crippen MR) is 121 cm³/mol. The maximum atomic E-state index is 13.4. The number of rotatable bonds is 4. The van der Waals surface area contributed by atoms with Crippen molar-refractivity contribution in [2.75, 3.05) is 7.11 Å². The number of aryl methyl sites for hydroxylation is 1. The molecule has 1 aromatic heterocycles. The van der Waals surface area contributed by atoms with Crippen molar-refractivity contribution in [2.24, 2.45) is 5.10 Å². The molecule has 1 aliphatic heterocycles. The van der Waals surface area contributed by atoms with Gasteiger partial charge in [0.25, 0.3) is 5.91 Å². The molecule has 7 heteroatoms. The highest BCUT2D eigenvalue weighted by atomic mass is 79.9. The van der Waals surface area contributed by atoms with Gasteiger partial charge in [0, 0.05) is 16.6 Å². The van der Waals surface area contributed by atoms with Gasteiger partial charge in [-0.2, -0.15) is 5.10 Å². The molecule has 1 atom stereocenters. The Morgan fingerprint density at radius 3 is 2.43 bits per heavy atom. The molecule has 5 nitrogen and oxygen atoms in total. The van der Waals surface area contributed by atoms with Crippen molar-refractivity contribution in [3.05, 3.63) is 92.7 Å². The van der Waals surface area contributed by atoms with Gasteiger partial charge in [-0.3, -0.25) is 4.79 Å². The smallest absolute Gasteiger partial charge is 0.277 e. The fourth-order valence-electron chi connectivity index (χ4n) is 3.41. The van der Waals surface area contributed by atoms with E-state index in [1.54, 1.807) is 19.2 Å². The summed E-state index contributed by atoms with van der Waals surface area (Å²) in [6.07, 6.45) is 0.594. The minimum Gasteiger partial charge on any atom is -0.497 e. The Labute approximate surface area is 188 Å². The summed E-state index contributed by atoms with van der Waals surface area (Å²) < 4.78 is 6.22. The van der Waals surface area contributed by atoms with Crippen molar-refractivity contribution < 1.29 is 9.53 Å². The number of hydrogen-bond donors (Lipinski definition) is 0. The van der Waals surface area contributed by atoms with E-state index in [0.29, 0.717) is 12.0 Å². The van der Waals surface area contributed by atoms with Crippen LogP contribution in [-0.2, 0) is 0 Å². The molecule has 1 aliphatic rings. The number of ether oxygens (including phenoxy) is 1. The first-order valence-electron chi connectivity index (χ1n) is 9.40. The van der Waals surface area contributed by atoms with Crippen molar-refractivity contribution in [3.8, 4) is 5.75 Å². The molecule has 0 fully saturated rings. The third-order valence-corrected chi connectivity index (χ3v) is 5.83. The molecular weight excluding hydrogens is 466 g/mol. The molecule has 30 heavy (non-hydrogen) atoms. The normalized spacial score (nSPS) is 15.8. The zero-order valence-corrected chi connectivity index (χ0v) is 18.8. The SMILES string of the molecule is COc1ccc(C2=NN(C(=O)c3ccc(C)nc3Cl)C(c3ccc(Br)cc3)C2)cc1. The average Bonchev–Trinajstić information content (AvgIpc) is 3.19. The number of nitrogens with zero attached hydrogens (tertiary/aromatic N) is 3. The van der Waals surface area contributed by atoms with Crippen molar-refractivity contribution >= 4 is 39.1 Å². The lowest BCUT2D eigenvalue weighted by Gasteiger charge is -2.22. The number of methoxy groups -OCH3 is 1. The number of pyridine rings is 1. The van der Waals surface area contributed by atoms with Gasteiger partial charge < -0.3 is 4.74 Å². The van der Waals surface area contributed by atoms with E-state index in [4.69, 9.17) is 21.4 Å². The molecule has 0 saturated carbocycles. The highest BCUT2D eigenvalue weighted by Gasteiger charge is 2.34. The summed E-state index contributed by atoms with van der Waals surface area (Å²) in [4.78, 5) is 17.6. The third-order valence-electron chi connectivity index (χ3n) is 5.01. The Kier molecular flexibility index (Phi) is 5.88. The standard InChI is InChI=1S/C23H19BrClN3O2/c1-14-3-12-19(22(25)26-14)23(29)28-21(16-4-8-17(24)9-5-16)13-20(27-28)15-6-10-18(30-2)11-7-15/h3-12,21H,13H2,1-2H3. The summed E-state index contributed by atoms with van der Waals surface area (Å²) in [7, 11) is 1.63. The molecule has 0 N–H and O–H groups in total. The van der Waals surface area contributed by atoms with E-state index in [2.05, 4.69) is 20.9 Å². The van der Waals surface area contributed by atoms with E-state index in [0.717, 1.165) is 32.8 Å². The Balaban J connectivity index is 1.73. The van der Waals surface area contributed by atoms with Crippen LogP contribution < -0.4 is 4.74 Å². The van der Waals surface area contributed by atoms with Crippen LogP contribution in [0.1, 0.15) is 39.6 Å². The molecule has 1 amide bonds. The highest BCUT2D eigenvalue weighted by Crippen LogP contribution is 2.35. The molecule has 0 saturated heterocycles. The second-order valence-electron chi connectivity index (χ2n) is 6.99. The van der Waals surface area contributed by atoms with E-state index in [9.17, 15) is 4.79 Å². The molecule has 1 unspecified atom stereocenters. The van der Waals surface area contributed by atoms with E-state index in [1.807, 2.05) is 55.5 Å². The number of halogens is 2. The first kappa shape index (κ1) is 20.6. The summed E-state index contributed by atoms with van der Waals surface area (Å²) in [5, 5.41) is 6.39. The van der Waals surface area contributed by atoms with Crippen LogP contribution in [0.2, 0.25) is 5.15 Å². The van der Waals surface area contributed by atoms with Gasteiger partial charge >= 0.3 is 0 Å². The van der Waals surface area contributed by atoms with Crippen molar-refractivity contribution in [2.45, 2.75) is 19.4 Å². The van der Waals surface area contributed by atoms with Gasteiger partial charge in [0.1, 0.15) is 10.9 Å². The Morgan fingerprint density at radius 1 is 1.10 bits per heavy atom. The van der Waals surface area contributed by atoms with Gasteiger partial charge in [-0.15, -0.1) is 0 Å². The van der Waals surface area contributed by atoms with Crippen LogP contribution in [0.4, 0.5) is 0 Å². The average molecular weight is 485 g/mol. The summed E-state index contributed by atoms with van der Waals surface area (Å²) in [5.74, 6) is 0.496. The minimum absolute atomic E-state index is 0.183. The van der Waals surface area contributed by atoms with Crippen molar-refractivity contribution in [1.29, 1.82) is 0 Å². The molecule has 0 bridgehead atoms. The van der Waals surface area contributed by atoms with Gasteiger partial charge in [-0.1, -0.05) is 39.7 Å². The molecule has 0 aliphatic carbocycles. The van der Waals surface area contributed by atoms with E-state index >= 15 is 0 Å². The van der Waals surface area contributed by atoms with Crippen LogP contribution in [0.3, 0.4) is 0 Å². The molecule has 0 spiro atoms. The lowest BCUT2D eigenvalue weighted by molar-refractivity contribution is 0.0711. The zero-order valence-electron chi connectivity index (χ0n) is 16.5. The Hall–Kier alpha value is -2.70. The van der Waals surface area contributed by atoms with E-state index in [-0.39, 0.29) is 17.1 Å². The Morgan fingerprint density at radius 2 is 1.80 bits per heavy atom. The quantitative estimate of drug-likeness (QED) is 0.439. The number of carbonyl (C=O) groups excluding carboxylic acids is 1. The second kappa shape index (κ2) is 8.58. The van der Waals surface area contributed by atoms with E-state index < -0.39 is 0 Å². The monoisotopic (exact) mass is 483 g/mol. The van der Waals surface area contributed by atoms with Crippen LogP contribution in [0, 0.1) is 6.92 Å². The number of carbonyl (C=O) groups is 1. The molecule has 3 aromatic rings. The molecule has 4 rings (SSSR count). The fraction of sp³-hybridized carbons (Fsp3) is 0.174. The summed E-state index contributed by atoms with van der Waals surface area (Å²) in [6, 6.07) is 18.8. The van der Waals surface area contributed by atoms with Crippen molar-refractivity contribution in [1.82, 2.24) is 9.99 Å². The van der Waals surface area contributed by atoms with Gasteiger partial charge in [0.05, 0.1) is 24.4 Å². The first-order chi connectivity index (χ1) is 14.5. The lowest BCUT2D eigenvalue weighted by atomic mass is 9.98. The minimum atomic E-state index is -0.274. The number of benzene rings is 2. The fourth-order valence-corrected chi connectivity index (χ4v) is 3.95. The summed E-state index contributed by atoms with van der Waals surface area (Å²) in [5.41, 5.74) is 3.86. The van der Waals surface area contributed by atoms with Crippen LogP contribution in [-0.4, -0.2) is 28.7 Å². The van der Waals surface area contributed by atoms with Gasteiger partial charge in [0.15, 0.2) is 0 Å². The molecule has 2 heterocycles. The molecular formula is C23H19BrClN3O2. The summed E-state index contributed by atoms with van der Waals surface area (Å²) >= 11 is 9.74. The van der Waals surface area contributed by atoms with Crippen LogP contribution in [0.5, 0.6) is 5.75 Å². The predicted octanol–water partition coefficient (Wildman–Crippen LogP) is 5.81. The number of amides is 1. The van der Waals surface area contributed by atoms with Crippen LogP contribution in [0.25, 0.3) is 0 Å². The van der Waals surface area contributed by atoms with Crippen LogP contribution in [0.15, 0.2) is 70.2 Å². The first-order valence-corrected chi connectivity index (χ1v) is 10.6. The largest absolute Gasteiger partial charge is 0.497 e. The molecule has 152 valence electrons. The van der Waals surface area contributed by atoms with Gasteiger partial charge in [-0.05, 0) is 66.6 Å². The maximum Gasteiger partial charge on any atom is 0.277 e. The van der Waals surface area contributed by atoms with Crippen LogP contribution >= 0.6 is 27.5 Å². The van der Waals surface area contributed by atoms with Gasteiger partial charge in [-0.25, -0.2) is 9.99 Å². The maximum absolute atomic E-state index is 13.4. The topological polar surface area (TPSA) is 54.8 Å². The number of hydrazone groups is 1. The lowest BCUT2D eigenvalue weighted by Crippen LogP contribution is -2.27. The highest BCUT2D eigenvalue weighted by molar-refractivity contribution is 9.10.